The van der Waals surface area contributed by atoms with E-state index in [2.05, 4.69) is 20.4 Å². The van der Waals surface area contributed by atoms with Crippen LogP contribution in [0.2, 0.25) is 0 Å². The molecule has 0 bridgehead atoms. The van der Waals surface area contributed by atoms with E-state index in [-0.39, 0.29) is 12.5 Å². The number of nitrogens with one attached hydrogen (secondary N) is 1. The van der Waals surface area contributed by atoms with E-state index in [0.717, 1.165) is 15.7 Å². The van der Waals surface area contributed by atoms with Crippen molar-refractivity contribution < 1.29 is 19.0 Å². The molecule has 4 heterocycles. The lowest BCUT2D eigenvalue weighted by Gasteiger charge is -2.30. The maximum Gasteiger partial charge on any atom is 0.333 e. The second-order valence-corrected chi connectivity index (χ2v) is 7.43. The highest BCUT2D eigenvalue weighted by atomic mass is 32.1. The van der Waals surface area contributed by atoms with Crippen molar-refractivity contribution >= 4 is 41.4 Å². The summed E-state index contributed by atoms with van der Waals surface area (Å²) in [4.78, 5) is 47.7. The van der Waals surface area contributed by atoms with Crippen LogP contribution in [0.15, 0.2) is 28.8 Å². The Morgan fingerprint density at radius 2 is 2.14 bits per heavy atom. The quantitative estimate of drug-likeness (QED) is 0.629. The van der Waals surface area contributed by atoms with Gasteiger partial charge in [-0.15, -0.1) is 11.3 Å². The molecule has 29 heavy (non-hydrogen) atoms. The highest BCUT2D eigenvalue weighted by molar-refractivity contribution is 7.12. The number of amidine groups is 1. The fourth-order valence-electron chi connectivity index (χ4n) is 3.12. The lowest BCUT2D eigenvalue weighted by Crippen LogP contribution is -2.62. The van der Waals surface area contributed by atoms with Crippen molar-refractivity contribution in [2.75, 3.05) is 27.2 Å². The Hall–Kier alpha value is -3.41. The molecule has 2 aromatic rings. The summed E-state index contributed by atoms with van der Waals surface area (Å²) in [5.74, 6) is -0.309. The lowest BCUT2D eigenvalue weighted by molar-refractivity contribution is -0.519. The minimum Gasteiger partial charge on any atom is -0.352 e. The van der Waals surface area contributed by atoms with Crippen molar-refractivity contribution in [1.82, 2.24) is 29.9 Å². The van der Waals surface area contributed by atoms with Gasteiger partial charge in [0.25, 0.3) is 30.0 Å². The number of likely N-dealkylation sites (N-methyl/N-ethyl adjacent to an activating group) is 2. The number of fused-ring (bicyclic) bond motifs is 1. The van der Waals surface area contributed by atoms with Crippen LogP contribution in [0.3, 0.4) is 0 Å². The highest BCUT2D eigenvalue weighted by Gasteiger charge is 2.50. The highest BCUT2D eigenvalue weighted by Crippen LogP contribution is 2.16. The number of hydrogen-bond acceptors (Lipinski definition) is 7. The summed E-state index contributed by atoms with van der Waals surface area (Å²) in [6.07, 6.45) is 5.52. The van der Waals surface area contributed by atoms with Gasteiger partial charge >= 0.3 is 6.03 Å². The topological polar surface area (TPSA) is 116 Å². The fraction of sp³-hybridized carbons (Fsp3) is 0.353. The summed E-state index contributed by atoms with van der Waals surface area (Å²) in [6, 6.07) is 0.625. The van der Waals surface area contributed by atoms with E-state index in [1.54, 1.807) is 17.9 Å². The van der Waals surface area contributed by atoms with Gasteiger partial charge in [0.1, 0.15) is 0 Å². The van der Waals surface area contributed by atoms with Crippen LogP contribution < -0.4 is 5.32 Å². The first-order valence-corrected chi connectivity index (χ1v) is 9.77. The minimum atomic E-state index is -0.761. The number of amides is 4. The SMILES string of the molecule is CN1C(=O)C2C(=NC=[N+]2CC(=O)NCCc2csc(-n3cccn3)n2)N(C)C1=O. The zero-order valence-electron chi connectivity index (χ0n) is 15.8. The molecule has 1 unspecified atom stereocenters. The van der Waals surface area contributed by atoms with Crippen molar-refractivity contribution in [1.29, 1.82) is 0 Å². The molecule has 0 aliphatic carbocycles. The van der Waals surface area contributed by atoms with E-state index in [0.29, 0.717) is 18.8 Å². The first kappa shape index (κ1) is 18.9. The standard InChI is InChI=1S/C17H18N8O3S/c1-22-14-13(15(27)23(2)17(22)28)24(10-19-14)8-12(26)18-6-4-11-9-29-16(21-11)25-7-3-5-20-25/h3,5,7,9-10,13H,4,6,8H2,1-2H3/p+1. The Morgan fingerprint density at radius 1 is 1.31 bits per heavy atom. The number of aromatic nitrogens is 3. The van der Waals surface area contributed by atoms with E-state index in [4.69, 9.17) is 0 Å². The summed E-state index contributed by atoms with van der Waals surface area (Å²) >= 11 is 1.48. The zero-order valence-corrected chi connectivity index (χ0v) is 16.7. The fourth-order valence-corrected chi connectivity index (χ4v) is 3.92. The van der Waals surface area contributed by atoms with Gasteiger partial charge in [-0.1, -0.05) is 0 Å². The minimum absolute atomic E-state index is 0.0329. The number of nitrogens with zero attached hydrogens (tertiary/aromatic N) is 7. The van der Waals surface area contributed by atoms with Crippen LogP contribution in [0, 0.1) is 0 Å². The number of rotatable bonds is 6. The van der Waals surface area contributed by atoms with E-state index in [9.17, 15) is 14.4 Å². The molecular formula is C17H19N8O3S+. The van der Waals surface area contributed by atoms with Crippen LogP contribution in [-0.2, 0) is 16.0 Å². The van der Waals surface area contributed by atoms with Crippen LogP contribution >= 0.6 is 11.3 Å². The molecule has 4 rings (SSSR count). The molecule has 11 nitrogen and oxygen atoms in total. The van der Waals surface area contributed by atoms with Crippen molar-refractivity contribution in [2.24, 2.45) is 4.99 Å². The van der Waals surface area contributed by atoms with Crippen LogP contribution in [0.1, 0.15) is 5.69 Å². The van der Waals surface area contributed by atoms with Crippen LogP contribution in [-0.4, -0.2) is 92.4 Å². The maximum atomic E-state index is 12.4. The molecule has 4 amide bonds. The number of urea groups is 1. The molecular weight excluding hydrogens is 396 g/mol. The summed E-state index contributed by atoms with van der Waals surface area (Å²) in [5, 5.41) is 9.67. The molecule has 1 atom stereocenters. The van der Waals surface area contributed by atoms with Gasteiger partial charge in [0.05, 0.1) is 5.69 Å². The number of carbonyl (C=O) groups excluding carboxylic acids is 3. The molecule has 1 fully saturated rings. The second-order valence-electron chi connectivity index (χ2n) is 6.59. The van der Waals surface area contributed by atoms with Gasteiger partial charge in [-0.3, -0.25) is 19.4 Å². The van der Waals surface area contributed by atoms with Crippen LogP contribution in [0.25, 0.3) is 5.13 Å². The summed E-state index contributed by atoms with van der Waals surface area (Å²) in [5.41, 5.74) is 0.864. The zero-order chi connectivity index (χ0) is 20.5. The van der Waals surface area contributed by atoms with Gasteiger partial charge in [-0.05, 0) is 11.1 Å². The molecule has 0 radical (unpaired) electrons. The molecule has 0 aromatic carbocycles. The number of carbonyl (C=O) groups is 3. The summed E-state index contributed by atoms with van der Waals surface area (Å²) < 4.78 is 3.22. The predicted octanol–water partition coefficient (Wildman–Crippen LogP) is -0.667. The first-order valence-electron chi connectivity index (χ1n) is 8.89. The molecule has 2 aliphatic rings. The van der Waals surface area contributed by atoms with E-state index < -0.39 is 18.0 Å². The van der Waals surface area contributed by atoms with E-state index in [1.807, 2.05) is 17.6 Å². The summed E-state index contributed by atoms with van der Waals surface area (Å²) in [6.45, 7) is 0.383. The van der Waals surface area contributed by atoms with Gasteiger partial charge in [-0.25, -0.2) is 19.0 Å². The third-order valence-corrected chi connectivity index (χ3v) is 5.55. The smallest absolute Gasteiger partial charge is 0.333 e. The first-order chi connectivity index (χ1) is 14.0. The van der Waals surface area contributed by atoms with Crippen molar-refractivity contribution in [2.45, 2.75) is 12.5 Å². The largest absolute Gasteiger partial charge is 0.352 e. The number of aliphatic imine (C=N–C) groups is 1. The average Bonchev–Trinajstić information content (AvgIpc) is 3.45. The average molecular weight is 415 g/mol. The molecule has 1 saturated heterocycles. The Kier molecular flexibility index (Phi) is 4.92. The molecule has 12 heteroatoms. The number of imide groups is 1. The molecule has 2 aliphatic heterocycles. The third-order valence-electron chi connectivity index (χ3n) is 4.67. The third kappa shape index (κ3) is 3.53. The Labute approximate surface area is 170 Å². The van der Waals surface area contributed by atoms with Gasteiger partial charge in [0, 0.05) is 44.8 Å². The molecule has 1 N–H and O–H groups in total. The van der Waals surface area contributed by atoms with Gasteiger partial charge < -0.3 is 5.32 Å². The Balaban J connectivity index is 1.30. The predicted molar refractivity (Wildman–Crippen MR) is 104 cm³/mol. The monoisotopic (exact) mass is 415 g/mol. The Bertz CT molecular complexity index is 1030. The lowest BCUT2D eigenvalue weighted by atomic mass is 10.1. The van der Waals surface area contributed by atoms with Crippen LogP contribution in [0.4, 0.5) is 4.79 Å². The summed E-state index contributed by atoms with van der Waals surface area (Å²) in [7, 11) is 2.97. The number of hydrogen-bond donors (Lipinski definition) is 1. The van der Waals surface area contributed by atoms with Gasteiger partial charge in [0.15, 0.2) is 6.54 Å². The molecule has 150 valence electrons. The van der Waals surface area contributed by atoms with Crippen molar-refractivity contribution in [3.8, 4) is 5.13 Å². The van der Waals surface area contributed by atoms with E-state index >= 15 is 0 Å². The maximum absolute atomic E-state index is 12.4. The molecule has 0 saturated carbocycles. The van der Waals surface area contributed by atoms with Crippen LogP contribution in [0.5, 0.6) is 0 Å². The second kappa shape index (κ2) is 7.54. The van der Waals surface area contributed by atoms with E-state index in [1.165, 1.54) is 34.2 Å². The van der Waals surface area contributed by atoms with Crippen molar-refractivity contribution in [3.63, 3.8) is 0 Å². The van der Waals surface area contributed by atoms with Gasteiger partial charge in [-0.2, -0.15) is 5.10 Å². The molecule has 2 aromatic heterocycles. The normalized spacial score (nSPS) is 18.6. The van der Waals surface area contributed by atoms with Crippen molar-refractivity contribution in [3.05, 3.63) is 29.5 Å². The molecule has 0 spiro atoms. The number of thiazole rings is 1. The van der Waals surface area contributed by atoms with Gasteiger partial charge in [0.2, 0.25) is 5.13 Å². The Morgan fingerprint density at radius 3 is 2.90 bits per heavy atom.